The summed E-state index contributed by atoms with van der Waals surface area (Å²) in [6.07, 6.45) is 1.62. The number of nitrogens with zero attached hydrogens (tertiary/aromatic N) is 2. The van der Waals surface area contributed by atoms with Crippen LogP contribution in [-0.2, 0) is 6.54 Å². The van der Waals surface area contributed by atoms with Crippen LogP contribution in [0.15, 0.2) is 36.5 Å². The van der Waals surface area contributed by atoms with Gasteiger partial charge in [0, 0.05) is 12.3 Å². The second-order valence-corrected chi connectivity index (χ2v) is 4.77. The van der Waals surface area contributed by atoms with E-state index in [1.807, 2.05) is 6.07 Å². The largest absolute Gasteiger partial charge is 0.497 e. The first-order chi connectivity index (χ1) is 10.7. The van der Waals surface area contributed by atoms with Crippen molar-refractivity contribution < 1.29 is 19.1 Å². The fourth-order valence-electron chi connectivity index (χ4n) is 2.43. The number of benzene rings is 1. The Kier molecular flexibility index (Phi) is 3.50. The average molecular weight is 298 g/mol. The molecule has 0 N–H and O–H groups in total. The van der Waals surface area contributed by atoms with Crippen molar-refractivity contribution in [2.24, 2.45) is 0 Å². The van der Waals surface area contributed by atoms with Crippen LogP contribution in [0.1, 0.15) is 26.4 Å². The first kappa shape index (κ1) is 14.1. The molecule has 6 heteroatoms. The predicted octanol–water partition coefficient (Wildman–Crippen LogP) is 1.90. The minimum absolute atomic E-state index is 0.124. The van der Waals surface area contributed by atoms with Gasteiger partial charge in [-0.05, 0) is 18.2 Å². The zero-order valence-corrected chi connectivity index (χ0v) is 12.2. The molecule has 22 heavy (non-hydrogen) atoms. The van der Waals surface area contributed by atoms with Gasteiger partial charge < -0.3 is 9.47 Å². The quantitative estimate of drug-likeness (QED) is 0.806. The molecule has 2 aromatic rings. The van der Waals surface area contributed by atoms with Crippen LogP contribution in [-0.4, -0.2) is 35.9 Å². The molecule has 3 rings (SSSR count). The fourth-order valence-corrected chi connectivity index (χ4v) is 2.43. The van der Waals surface area contributed by atoms with E-state index in [2.05, 4.69) is 4.98 Å². The SMILES string of the molecule is COc1cc(OC)c2c(c1)C(=O)N(Cc1ccccn1)C2=O. The number of hydrogen-bond acceptors (Lipinski definition) is 5. The van der Waals surface area contributed by atoms with Gasteiger partial charge in [-0.25, -0.2) is 0 Å². The highest BCUT2D eigenvalue weighted by atomic mass is 16.5. The smallest absolute Gasteiger partial charge is 0.265 e. The maximum atomic E-state index is 12.5. The number of rotatable bonds is 4. The third kappa shape index (κ3) is 2.18. The molecule has 0 unspecified atom stereocenters. The lowest BCUT2D eigenvalue weighted by atomic mass is 10.1. The van der Waals surface area contributed by atoms with Gasteiger partial charge in [0.1, 0.15) is 11.5 Å². The lowest BCUT2D eigenvalue weighted by molar-refractivity contribution is 0.0639. The Labute approximate surface area is 127 Å². The summed E-state index contributed by atoms with van der Waals surface area (Å²) in [5.41, 5.74) is 1.20. The normalized spacial score (nSPS) is 13.3. The number of methoxy groups -OCH3 is 2. The molecule has 0 fully saturated rings. The highest BCUT2D eigenvalue weighted by Gasteiger charge is 2.39. The maximum absolute atomic E-state index is 12.5. The number of aromatic nitrogens is 1. The van der Waals surface area contributed by atoms with Gasteiger partial charge in [-0.15, -0.1) is 0 Å². The van der Waals surface area contributed by atoms with Crippen LogP contribution in [0.3, 0.4) is 0 Å². The summed E-state index contributed by atoms with van der Waals surface area (Å²) >= 11 is 0. The fraction of sp³-hybridized carbons (Fsp3) is 0.188. The molecule has 112 valence electrons. The van der Waals surface area contributed by atoms with E-state index in [1.54, 1.807) is 30.5 Å². The van der Waals surface area contributed by atoms with Gasteiger partial charge in [0.15, 0.2) is 0 Å². The number of ether oxygens (including phenoxy) is 2. The number of amides is 2. The number of carbonyl (C=O) groups is 2. The van der Waals surface area contributed by atoms with Gasteiger partial charge in [0.25, 0.3) is 11.8 Å². The number of imide groups is 1. The van der Waals surface area contributed by atoms with Crippen LogP contribution in [0, 0.1) is 0 Å². The Morgan fingerprint density at radius 1 is 1.09 bits per heavy atom. The molecule has 1 aliphatic heterocycles. The topological polar surface area (TPSA) is 68.7 Å². The molecule has 0 saturated carbocycles. The summed E-state index contributed by atoms with van der Waals surface area (Å²) in [5, 5.41) is 0. The molecule has 1 aromatic heterocycles. The third-order valence-electron chi connectivity index (χ3n) is 3.51. The molecule has 0 saturated heterocycles. The van der Waals surface area contributed by atoms with E-state index in [0.717, 1.165) is 4.90 Å². The monoisotopic (exact) mass is 298 g/mol. The van der Waals surface area contributed by atoms with Crippen LogP contribution in [0.4, 0.5) is 0 Å². The molecular formula is C16H14N2O4. The van der Waals surface area contributed by atoms with E-state index in [1.165, 1.54) is 14.2 Å². The van der Waals surface area contributed by atoms with Crippen molar-refractivity contribution in [2.45, 2.75) is 6.54 Å². The van der Waals surface area contributed by atoms with Crippen LogP contribution in [0.5, 0.6) is 11.5 Å². The van der Waals surface area contributed by atoms with Crippen LogP contribution in [0.25, 0.3) is 0 Å². The van der Waals surface area contributed by atoms with Crippen LogP contribution < -0.4 is 9.47 Å². The third-order valence-corrected chi connectivity index (χ3v) is 3.51. The second kappa shape index (κ2) is 5.48. The summed E-state index contributed by atoms with van der Waals surface area (Å²) in [6, 6.07) is 8.50. The average Bonchev–Trinajstić information content (AvgIpc) is 2.80. The number of pyridine rings is 1. The summed E-state index contributed by atoms with van der Waals surface area (Å²) in [4.78, 5) is 30.4. The Hall–Kier alpha value is -2.89. The van der Waals surface area contributed by atoms with E-state index >= 15 is 0 Å². The van der Waals surface area contributed by atoms with Gasteiger partial charge in [-0.3, -0.25) is 19.5 Å². The highest BCUT2D eigenvalue weighted by molar-refractivity contribution is 6.22. The molecule has 0 aliphatic carbocycles. The van der Waals surface area contributed by atoms with E-state index in [9.17, 15) is 9.59 Å². The first-order valence-corrected chi connectivity index (χ1v) is 6.68. The zero-order valence-electron chi connectivity index (χ0n) is 12.2. The minimum atomic E-state index is -0.384. The molecule has 1 aromatic carbocycles. The number of hydrogen-bond donors (Lipinski definition) is 0. The maximum Gasteiger partial charge on any atom is 0.265 e. The molecule has 2 amide bonds. The van der Waals surface area contributed by atoms with Gasteiger partial charge in [0.05, 0.1) is 37.6 Å². The van der Waals surface area contributed by atoms with E-state index in [0.29, 0.717) is 17.2 Å². The predicted molar refractivity (Wildman–Crippen MR) is 78.0 cm³/mol. The van der Waals surface area contributed by atoms with Crippen molar-refractivity contribution in [2.75, 3.05) is 14.2 Å². The molecule has 1 aliphatic rings. The Morgan fingerprint density at radius 3 is 2.55 bits per heavy atom. The standard InChI is InChI=1S/C16H14N2O4/c1-21-11-7-12-14(13(8-11)22-2)16(20)18(15(12)19)9-10-5-3-4-6-17-10/h3-8H,9H2,1-2H3. The molecule has 0 bridgehead atoms. The molecule has 6 nitrogen and oxygen atoms in total. The summed E-state index contributed by atoms with van der Waals surface area (Å²) in [5.74, 6) is 0.0423. The van der Waals surface area contributed by atoms with Gasteiger partial charge in [-0.2, -0.15) is 0 Å². The first-order valence-electron chi connectivity index (χ1n) is 6.68. The van der Waals surface area contributed by atoms with Crippen molar-refractivity contribution in [1.29, 1.82) is 0 Å². The van der Waals surface area contributed by atoms with Crippen molar-refractivity contribution >= 4 is 11.8 Å². The zero-order chi connectivity index (χ0) is 15.7. The van der Waals surface area contributed by atoms with Gasteiger partial charge in [-0.1, -0.05) is 6.07 Å². The summed E-state index contributed by atoms with van der Waals surface area (Å²) in [6.45, 7) is 0.124. The lowest BCUT2D eigenvalue weighted by Crippen LogP contribution is -2.29. The second-order valence-electron chi connectivity index (χ2n) is 4.77. The van der Waals surface area contributed by atoms with Crippen molar-refractivity contribution in [3.63, 3.8) is 0 Å². The minimum Gasteiger partial charge on any atom is -0.497 e. The molecule has 0 spiro atoms. The summed E-state index contributed by atoms with van der Waals surface area (Å²) in [7, 11) is 2.95. The van der Waals surface area contributed by atoms with E-state index in [-0.39, 0.29) is 29.5 Å². The van der Waals surface area contributed by atoms with Gasteiger partial charge in [0.2, 0.25) is 0 Å². The van der Waals surface area contributed by atoms with Crippen molar-refractivity contribution in [1.82, 2.24) is 9.88 Å². The molecule has 2 heterocycles. The van der Waals surface area contributed by atoms with E-state index in [4.69, 9.17) is 9.47 Å². The van der Waals surface area contributed by atoms with Crippen LogP contribution in [0.2, 0.25) is 0 Å². The van der Waals surface area contributed by atoms with Crippen LogP contribution >= 0.6 is 0 Å². The molecule has 0 atom stereocenters. The Balaban J connectivity index is 2.01. The Bertz CT molecular complexity index is 743. The number of fused-ring (bicyclic) bond motifs is 1. The highest BCUT2D eigenvalue weighted by Crippen LogP contribution is 2.35. The van der Waals surface area contributed by atoms with Crippen molar-refractivity contribution in [3.05, 3.63) is 53.3 Å². The summed E-state index contributed by atoms with van der Waals surface area (Å²) < 4.78 is 10.4. The van der Waals surface area contributed by atoms with Gasteiger partial charge >= 0.3 is 0 Å². The number of carbonyl (C=O) groups excluding carboxylic acids is 2. The Morgan fingerprint density at radius 2 is 1.91 bits per heavy atom. The molecule has 0 radical (unpaired) electrons. The van der Waals surface area contributed by atoms with E-state index < -0.39 is 0 Å². The molecular weight excluding hydrogens is 284 g/mol. The lowest BCUT2D eigenvalue weighted by Gasteiger charge is -2.13. The van der Waals surface area contributed by atoms with Crippen molar-refractivity contribution in [3.8, 4) is 11.5 Å².